The zero-order valence-electron chi connectivity index (χ0n) is 14.3. The molecule has 1 amide bonds. The first kappa shape index (κ1) is 17.6. The van der Waals surface area contributed by atoms with E-state index in [2.05, 4.69) is 16.8 Å². The van der Waals surface area contributed by atoms with E-state index in [-0.39, 0.29) is 12.0 Å². The van der Waals surface area contributed by atoms with Crippen molar-refractivity contribution in [3.05, 3.63) is 44.6 Å². The summed E-state index contributed by atoms with van der Waals surface area (Å²) in [5.74, 6) is 1.28. The Kier molecular flexibility index (Phi) is 5.33. The predicted molar refractivity (Wildman–Crippen MR) is 100 cm³/mol. The zero-order valence-corrected chi connectivity index (χ0v) is 15.8. The Labute approximate surface area is 161 Å². The van der Waals surface area contributed by atoms with E-state index in [4.69, 9.17) is 25.8 Å². The fraction of sp³-hybridized carbons (Fsp3) is 0.421. The van der Waals surface area contributed by atoms with Crippen molar-refractivity contribution in [2.45, 2.75) is 25.4 Å². The Bertz CT molecular complexity index is 807. The quantitative estimate of drug-likeness (QED) is 0.844. The van der Waals surface area contributed by atoms with Gasteiger partial charge in [-0.25, -0.2) is 0 Å². The van der Waals surface area contributed by atoms with Gasteiger partial charge < -0.3 is 19.5 Å². The van der Waals surface area contributed by atoms with Gasteiger partial charge in [-0.3, -0.25) is 4.79 Å². The highest BCUT2D eigenvalue weighted by Gasteiger charge is 2.24. The number of ether oxygens (including phenoxy) is 3. The molecule has 0 spiro atoms. The molecule has 1 aromatic carbocycles. The van der Waals surface area contributed by atoms with Crippen molar-refractivity contribution in [2.24, 2.45) is 0 Å². The number of nitrogens with one attached hydrogen (secondary N) is 1. The van der Waals surface area contributed by atoms with Crippen LogP contribution in [-0.4, -0.2) is 32.3 Å². The third kappa shape index (κ3) is 3.82. The van der Waals surface area contributed by atoms with Gasteiger partial charge in [0.05, 0.1) is 18.1 Å². The Morgan fingerprint density at radius 3 is 3.08 bits per heavy atom. The summed E-state index contributed by atoms with van der Waals surface area (Å²) in [4.78, 5) is 13.5. The first-order chi connectivity index (χ1) is 12.7. The van der Waals surface area contributed by atoms with Gasteiger partial charge in [0.15, 0.2) is 11.5 Å². The summed E-state index contributed by atoms with van der Waals surface area (Å²) in [7, 11) is 0. The summed E-state index contributed by atoms with van der Waals surface area (Å²) < 4.78 is 16.9. The smallest absolute Gasteiger partial charge is 0.223 e. The molecule has 2 aromatic rings. The number of fused-ring (bicyclic) bond motifs is 2. The minimum atomic E-state index is -0.123. The van der Waals surface area contributed by atoms with Crippen molar-refractivity contribution in [3.63, 3.8) is 0 Å². The molecule has 0 radical (unpaired) electrons. The third-order valence-electron chi connectivity index (χ3n) is 4.53. The molecule has 1 atom stereocenters. The molecular weight excluding hydrogens is 374 g/mol. The average Bonchev–Trinajstić information content (AvgIpc) is 3.12. The van der Waals surface area contributed by atoms with Crippen LogP contribution in [-0.2, 0) is 22.4 Å². The SMILES string of the molecule is O=C(C[C@H]1OCCc2ccsc21)NCCc1cc(Cl)c2c(c1)OCCO2. The van der Waals surface area contributed by atoms with Gasteiger partial charge in [0.2, 0.25) is 5.91 Å². The summed E-state index contributed by atoms with van der Waals surface area (Å²) in [5, 5.41) is 5.58. The lowest BCUT2D eigenvalue weighted by atomic mass is 10.1. The molecule has 0 bridgehead atoms. The second-order valence-electron chi connectivity index (χ2n) is 6.33. The number of thiophene rings is 1. The summed E-state index contributed by atoms with van der Waals surface area (Å²) in [6, 6.07) is 5.91. The van der Waals surface area contributed by atoms with Crippen LogP contribution >= 0.6 is 22.9 Å². The minimum Gasteiger partial charge on any atom is -0.486 e. The number of carbonyl (C=O) groups is 1. The monoisotopic (exact) mass is 393 g/mol. The standard InChI is InChI=1S/C19H20ClNO4S/c20-14-9-12(10-15-18(14)25-7-6-24-15)1-4-21-17(22)11-16-19-13(2-5-23-16)3-8-26-19/h3,8-10,16H,1-2,4-7,11H2,(H,21,22)/t16-/m1/s1. The Hall–Kier alpha value is -1.76. The molecule has 7 heteroatoms. The van der Waals surface area contributed by atoms with Gasteiger partial charge in [-0.2, -0.15) is 0 Å². The topological polar surface area (TPSA) is 56.8 Å². The lowest BCUT2D eigenvalue weighted by molar-refractivity contribution is -0.124. The van der Waals surface area contributed by atoms with Crippen LogP contribution in [0.25, 0.3) is 0 Å². The summed E-state index contributed by atoms with van der Waals surface area (Å²) in [6.07, 6.45) is 1.84. The van der Waals surface area contributed by atoms with Gasteiger partial charge >= 0.3 is 0 Å². The average molecular weight is 394 g/mol. The molecule has 3 heterocycles. The molecule has 26 heavy (non-hydrogen) atoms. The highest BCUT2D eigenvalue weighted by Crippen LogP contribution is 2.38. The van der Waals surface area contributed by atoms with Crippen molar-refractivity contribution >= 4 is 28.8 Å². The number of hydrogen-bond donors (Lipinski definition) is 1. The van der Waals surface area contributed by atoms with Crippen LogP contribution in [0.3, 0.4) is 0 Å². The summed E-state index contributed by atoms with van der Waals surface area (Å²) in [6.45, 7) is 2.25. The molecule has 138 valence electrons. The van der Waals surface area contributed by atoms with Crippen LogP contribution in [0.1, 0.15) is 28.5 Å². The summed E-state index contributed by atoms with van der Waals surface area (Å²) in [5.41, 5.74) is 2.32. The van der Waals surface area contributed by atoms with Crippen molar-refractivity contribution in [1.82, 2.24) is 5.32 Å². The Balaban J connectivity index is 1.30. The maximum atomic E-state index is 12.3. The minimum absolute atomic E-state index is 0.000102. The maximum Gasteiger partial charge on any atom is 0.223 e. The largest absolute Gasteiger partial charge is 0.486 e. The number of carbonyl (C=O) groups excluding carboxylic acids is 1. The van der Waals surface area contributed by atoms with Gasteiger partial charge in [-0.05, 0) is 47.5 Å². The number of rotatable bonds is 5. The second kappa shape index (κ2) is 7.86. The van der Waals surface area contributed by atoms with Crippen LogP contribution in [0.4, 0.5) is 0 Å². The molecule has 2 aliphatic rings. The molecule has 0 saturated carbocycles. The third-order valence-corrected chi connectivity index (χ3v) is 5.86. The van der Waals surface area contributed by atoms with E-state index in [0.29, 0.717) is 55.7 Å². The van der Waals surface area contributed by atoms with Crippen molar-refractivity contribution in [2.75, 3.05) is 26.4 Å². The number of benzene rings is 1. The number of amides is 1. The van der Waals surface area contributed by atoms with Gasteiger partial charge in [-0.1, -0.05) is 11.6 Å². The van der Waals surface area contributed by atoms with E-state index in [1.807, 2.05) is 12.1 Å². The fourth-order valence-corrected chi connectivity index (χ4v) is 4.56. The van der Waals surface area contributed by atoms with Crippen LogP contribution in [0.15, 0.2) is 23.6 Å². The van der Waals surface area contributed by atoms with Crippen LogP contribution in [0, 0.1) is 0 Å². The first-order valence-corrected chi connectivity index (χ1v) is 9.99. The Morgan fingerprint density at radius 1 is 1.27 bits per heavy atom. The molecule has 1 N–H and O–H groups in total. The number of hydrogen-bond acceptors (Lipinski definition) is 5. The molecule has 0 fully saturated rings. The molecule has 0 saturated heterocycles. The molecule has 1 aromatic heterocycles. The molecule has 0 unspecified atom stereocenters. The van der Waals surface area contributed by atoms with E-state index in [9.17, 15) is 4.79 Å². The van der Waals surface area contributed by atoms with E-state index in [1.165, 1.54) is 10.4 Å². The van der Waals surface area contributed by atoms with Crippen molar-refractivity contribution in [3.8, 4) is 11.5 Å². The van der Waals surface area contributed by atoms with Crippen molar-refractivity contribution < 1.29 is 19.0 Å². The maximum absolute atomic E-state index is 12.3. The zero-order chi connectivity index (χ0) is 17.9. The van der Waals surface area contributed by atoms with E-state index < -0.39 is 0 Å². The molecular formula is C19H20ClNO4S. The normalized spacial score (nSPS) is 18.3. The van der Waals surface area contributed by atoms with Gasteiger partial charge in [0.25, 0.3) is 0 Å². The molecule has 2 aliphatic heterocycles. The fourth-order valence-electron chi connectivity index (χ4n) is 3.27. The van der Waals surface area contributed by atoms with Gasteiger partial charge in [0.1, 0.15) is 19.3 Å². The lowest BCUT2D eigenvalue weighted by Crippen LogP contribution is -2.29. The lowest BCUT2D eigenvalue weighted by Gasteiger charge is -2.22. The highest BCUT2D eigenvalue weighted by molar-refractivity contribution is 7.10. The second-order valence-corrected chi connectivity index (χ2v) is 7.68. The van der Waals surface area contributed by atoms with Crippen LogP contribution in [0.5, 0.6) is 11.5 Å². The van der Waals surface area contributed by atoms with Crippen molar-refractivity contribution in [1.29, 1.82) is 0 Å². The predicted octanol–water partition coefficient (Wildman–Crippen LogP) is 3.54. The van der Waals surface area contributed by atoms with E-state index in [1.54, 1.807) is 11.3 Å². The van der Waals surface area contributed by atoms with Crippen LogP contribution in [0.2, 0.25) is 5.02 Å². The summed E-state index contributed by atoms with van der Waals surface area (Å²) >= 11 is 7.91. The van der Waals surface area contributed by atoms with Gasteiger partial charge in [0, 0.05) is 11.4 Å². The van der Waals surface area contributed by atoms with Gasteiger partial charge in [-0.15, -0.1) is 11.3 Å². The molecule has 4 rings (SSSR count). The molecule has 5 nitrogen and oxygen atoms in total. The Morgan fingerprint density at radius 2 is 2.15 bits per heavy atom. The number of halogens is 1. The first-order valence-electron chi connectivity index (χ1n) is 8.73. The van der Waals surface area contributed by atoms with E-state index >= 15 is 0 Å². The van der Waals surface area contributed by atoms with E-state index in [0.717, 1.165) is 12.0 Å². The highest BCUT2D eigenvalue weighted by atomic mass is 35.5. The molecule has 0 aliphatic carbocycles. The van der Waals surface area contributed by atoms with Crippen LogP contribution < -0.4 is 14.8 Å².